The van der Waals surface area contributed by atoms with Crippen molar-refractivity contribution in [2.24, 2.45) is 5.16 Å². The smallest absolute Gasteiger partial charge is 0.339 e. The third kappa shape index (κ3) is 5.61. The van der Waals surface area contributed by atoms with Crippen LogP contribution in [0.25, 0.3) is 0 Å². The average Bonchev–Trinajstić information content (AvgIpc) is 3.48. The van der Waals surface area contributed by atoms with E-state index in [0.29, 0.717) is 0 Å². The topological polar surface area (TPSA) is 175 Å². The second-order valence-corrected chi connectivity index (χ2v) is 10.7. The Kier molecular flexibility index (Phi) is 7.78. The lowest BCUT2D eigenvalue weighted by Gasteiger charge is -2.48. The van der Waals surface area contributed by atoms with Crippen LogP contribution < -0.4 is 11.1 Å². The zero-order chi connectivity index (χ0) is 26.0. The van der Waals surface area contributed by atoms with Gasteiger partial charge in [-0.2, -0.15) is 9.36 Å². The Bertz CT molecular complexity index is 1120. The van der Waals surface area contributed by atoms with Gasteiger partial charge in [-0.1, -0.05) is 5.16 Å². The Hall–Kier alpha value is -3.20. The van der Waals surface area contributed by atoms with Gasteiger partial charge in [-0.25, -0.2) is 4.79 Å². The number of fused-ring (bicyclic) bond motifs is 1. The Morgan fingerprint density at radius 2 is 2.00 bits per heavy atom. The molecule has 0 radical (unpaired) electrons. The number of nitrogens with zero attached hydrogens (tertiary/aromatic N) is 4. The maximum atomic E-state index is 13.1. The SMILES string of the molecule is CC(=O)OC(C)OC(=O)C1=CN2C(=O)C(NC(=O)C(=NOC3CCCC3)c3nsc(N)n3)[C@H]2SC1C. The van der Waals surface area contributed by atoms with E-state index in [4.69, 9.17) is 20.0 Å². The number of nitrogens with two attached hydrogens (primary N) is 1. The number of ether oxygens (including phenoxy) is 2. The molecule has 2 fully saturated rings. The van der Waals surface area contributed by atoms with Crippen molar-refractivity contribution in [2.45, 2.75) is 75.5 Å². The molecular formula is C21H26N6O7S2. The van der Waals surface area contributed by atoms with Gasteiger partial charge < -0.3 is 30.3 Å². The minimum atomic E-state index is -1.07. The van der Waals surface area contributed by atoms with Crippen molar-refractivity contribution in [1.82, 2.24) is 19.6 Å². The van der Waals surface area contributed by atoms with Gasteiger partial charge in [0.15, 0.2) is 5.13 Å². The molecular weight excluding hydrogens is 512 g/mol. The summed E-state index contributed by atoms with van der Waals surface area (Å²) in [7, 11) is 0. The van der Waals surface area contributed by atoms with Crippen LogP contribution in [0.4, 0.5) is 5.13 Å². The van der Waals surface area contributed by atoms with E-state index < -0.39 is 41.5 Å². The van der Waals surface area contributed by atoms with Crippen LogP contribution in [-0.4, -0.2) is 72.8 Å². The molecule has 36 heavy (non-hydrogen) atoms. The minimum absolute atomic E-state index is 0.0214. The number of amides is 2. The molecule has 0 spiro atoms. The number of oxime groups is 1. The number of carbonyl (C=O) groups is 4. The molecule has 0 bridgehead atoms. The lowest BCUT2D eigenvalue weighted by Crippen LogP contribution is -2.69. The third-order valence-corrected chi connectivity index (χ3v) is 7.71. The fraction of sp³-hybridized carbons (Fsp3) is 0.571. The van der Waals surface area contributed by atoms with E-state index in [1.807, 2.05) is 0 Å². The van der Waals surface area contributed by atoms with Crippen LogP contribution in [0.3, 0.4) is 0 Å². The molecule has 194 valence electrons. The number of aromatic nitrogens is 2. The summed E-state index contributed by atoms with van der Waals surface area (Å²) < 4.78 is 14.0. The largest absolute Gasteiger partial charge is 0.426 e. The number of hydrogen-bond acceptors (Lipinski definition) is 13. The average molecular weight is 539 g/mol. The molecule has 13 nitrogen and oxygen atoms in total. The van der Waals surface area contributed by atoms with E-state index in [1.165, 1.54) is 36.7 Å². The first-order valence-electron chi connectivity index (χ1n) is 11.4. The van der Waals surface area contributed by atoms with Gasteiger partial charge in [-0.05, 0) is 32.6 Å². The van der Waals surface area contributed by atoms with Crippen molar-refractivity contribution in [3.63, 3.8) is 0 Å². The normalized spacial score (nSPS) is 24.8. The van der Waals surface area contributed by atoms with Crippen LogP contribution >= 0.6 is 23.3 Å². The second kappa shape index (κ2) is 10.8. The number of hydrogen-bond donors (Lipinski definition) is 2. The summed E-state index contributed by atoms with van der Waals surface area (Å²) in [6.45, 7) is 4.40. The fourth-order valence-electron chi connectivity index (χ4n) is 3.98. The summed E-state index contributed by atoms with van der Waals surface area (Å²) in [5, 5.41) is 6.08. The molecule has 2 aliphatic heterocycles. The number of anilines is 1. The predicted octanol–water partition coefficient (Wildman–Crippen LogP) is 0.908. The highest BCUT2D eigenvalue weighted by molar-refractivity contribution is 8.00. The third-order valence-electron chi connectivity index (χ3n) is 5.73. The zero-order valence-electron chi connectivity index (χ0n) is 19.8. The highest BCUT2D eigenvalue weighted by Gasteiger charge is 2.52. The summed E-state index contributed by atoms with van der Waals surface area (Å²) in [5.74, 6) is -2.34. The molecule has 4 rings (SSSR count). The van der Waals surface area contributed by atoms with E-state index in [-0.39, 0.29) is 33.6 Å². The van der Waals surface area contributed by atoms with E-state index >= 15 is 0 Å². The molecule has 1 aromatic heterocycles. The maximum Gasteiger partial charge on any atom is 0.339 e. The maximum absolute atomic E-state index is 13.1. The summed E-state index contributed by atoms with van der Waals surface area (Å²) >= 11 is 2.22. The number of esters is 2. The summed E-state index contributed by atoms with van der Waals surface area (Å²) in [4.78, 5) is 60.4. The molecule has 2 amide bonds. The molecule has 1 saturated heterocycles. The van der Waals surface area contributed by atoms with Crippen LogP contribution in [0.2, 0.25) is 0 Å². The summed E-state index contributed by atoms with van der Waals surface area (Å²) in [6.07, 6.45) is 3.98. The molecule has 3 aliphatic rings. The highest BCUT2D eigenvalue weighted by Crippen LogP contribution is 2.40. The molecule has 15 heteroatoms. The van der Waals surface area contributed by atoms with Gasteiger partial charge in [0, 0.05) is 36.8 Å². The summed E-state index contributed by atoms with van der Waals surface area (Å²) in [6, 6.07) is -0.855. The number of nitrogens with one attached hydrogen (secondary N) is 1. The lowest BCUT2D eigenvalue weighted by atomic mass is 10.1. The van der Waals surface area contributed by atoms with Crippen LogP contribution in [0.1, 0.15) is 52.3 Å². The Labute approximate surface area is 214 Å². The van der Waals surface area contributed by atoms with E-state index in [1.54, 1.807) is 6.92 Å². The molecule has 3 heterocycles. The standard InChI is InChI=1S/C21H26N6O7S2/c1-9-13(20(31)33-11(3)32-10(2)28)8-27-18(30)15(19(27)35-9)23-17(29)14(16-24-21(22)36-26-16)25-34-12-6-4-5-7-12/h8-9,11-12,15,19H,4-7H2,1-3H3,(H,23,29)(H2,22,24,26)/t9?,11?,15?,19-/m1/s1. The first kappa shape index (κ1) is 25.9. The highest BCUT2D eigenvalue weighted by atomic mass is 32.2. The van der Waals surface area contributed by atoms with Gasteiger partial charge in [0.2, 0.25) is 17.8 Å². The molecule has 1 aliphatic carbocycles. The second-order valence-electron chi connectivity index (χ2n) is 8.44. The predicted molar refractivity (Wildman–Crippen MR) is 129 cm³/mol. The number of β-lactam (4-membered cyclic amide) rings is 1. The van der Waals surface area contributed by atoms with Crippen molar-refractivity contribution in [3.05, 3.63) is 17.6 Å². The van der Waals surface area contributed by atoms with Gasteiger partial charge in [-0.3, -0.25) is 14.4 Å². The quantitative estimate of drug-likeness (QED) is 0.158. The molecule has 1 saturated carbocycles. The Morgan fingerprint density at radius 1 is 1.28 bits per heavy atom. The number of carbonyl (C=O) groups excluding carboxylic acids is 4. The number of rotatable bonds is 8. The van der Waals surface area contributed by atoms with Gasteiger partial charge in [0.25, 0.3) is 11.8 Å². The first-order valence-corrected chi connectivity index (χ1v) is 13.1. The van der Waals surface area contributed by atoms with Gasteiger partial charge in [0.05, 0.1) is 5.57 Å². The molecule has 4 atom stereocenters. The molecule has 3 N–H and O–H groups in total. The fourth-order valence-corrected chi connectivity index (χ4v) is 5.77. The number of nitrogen functional groups attached to an aromatic ring is 1. The number of thioether (sulfide) groups is 1. The molecule has 1 aromatic rings. The van der Waals surface area contributed by atoms with E-state index in [9.17, 15) is 19.2 Å². The van der Waals surface area contributed by atoms with Crippen LogP contribution in [0, 0.1) is 0 Å². The monoisotopic (exact) mass is 538 g/mol. The molecule has 0 aromatic carbocycles. The van der Waals surface area contributed by atoms with Crippen molar-refractivity contribution in [1.29, 1.82) is 0 Å². The van der Waals surface area contributed by atoms with Crippen LogP contribution in [-0.2, 0) is 33.5 Å². The van der Waals surface area contributed by atoms with Gasteiger partial charge in [-0.15, -0.1) is 11.8 Å². The molecule has 3 unspecified atom stereocenters. The van der Waals surface area contributed by atoms with Crippen molar-refractivity contribution < 1.29 is 33.5 Å². The van der Waals surface area contributed by atoms with E-state index in [2.05, 4.69) is 19.8 Å². The summed E-state index contributed by atoms with van der Waals surface area (Å²) in [5.41, 5.74) is 5.75. The first-order chi connectivity index (χ1) is 17.1. The van der Waals surface area contributed by atoms with E-state index in [0.717, 1.165) is 37.2 Å². The van der Waals surface area contributed by atoms with Crippen molar-refractivity contribution >= 4 is 57.9 Å². The van der Waals surface area contributed by atoms with Gasteiger partial charge in [0.1, 0.15) is 17.5 Å². The Balaban J connectivity index is 1.43. The van der Waals surface area contributed by atoms with Crippen molar-refractivity contribution in [3.8, 4) is 0 Å². The van der Waals surface area contributed by atoms with Crippen LogP contribution in [0.15, 0.2) is 16.9 Å². The Morgan fingerprint density at radius 3 is 2.64 bits per heavy atom. The van der Waals surface area contributed by atoms with Crippen LogP contribution in [0.5, 0.6) is 0 Å². The van der Waals surface area contributed by atoms with Gasteiger partial charge >= 0.3 is 11.9 Å². The zero-order valence-corrected chi connectivity index (χ0v) is 21.5. The van der Waals surface area contributed by atoms with Crippen molar-refractivity contribution in [2.75, 3.05) is 5.73 Å². The lowest BCUT2D eigenvalue weighted by molar-refractivity contribution is -0.180. The minimum Gasteiger partial charge on any atom is -0.426 e.